The van der Waals surface area contributed by atoms with Gasteiger partial charge in [-0.05, 0) is 18.2 Å². The number of carbonyl (C=O) groups is 1. The number of methoxy groups -OCH3 is 1. The fourth-order valence-corrected chi connectivity index (χ4v) is 1.57. The fourth-order valence-electron chi connectivity index (χ4n) is 1.37. The highest BCUT2D eigenvalue weighted by atomic mass is 35.5. The monoisotopic (exact) mass is 263 g/mol. The lowest BCUT2D eigenvalue weighted by Crippen LogP contribution is -2.02. The van der Waals surface area contributed by atoms with E-state index in [1.807, 2.05) is 18.2 Å². The molecule has 1 heterocycles. The average Bonchev–Trinajstić information content (AvgIpc) is 2.38. The number of nitrogens with zero attached hydrogens (tertiary/aromatic N) is 1. The largest absolute Gasteiger partial charge is 0.465 e. The standard InChI is InChI=1S/C13H10ClNO3/c1-17-13(16)9-7-11(14)15-12(8-9)18-10-5-3-2-4-6-10/h2-8H,1H3. The highest BCUT2D eigenvalue weighted by Crippen LogP contribution is 2.22. The minimum absolute atomic E-state index is 0.170. The van der Waals surface area contributed by atoms with E-state index in [-0.39, 0.29) is 11.0 Å². The number of carbonyl (C=O) groups excluding carboxylic acids is 1. The zero-order chi connectivity index (χ0) is 13.0. The van der Waals surface area contributed by atoms with Crippen LogP contribution in [-0.4, -0.2) is 18.1 Å². The van der Waals surface area contributed by atoms with Crippen molar-refractivity contribution in [2.24, 2.45) is 0 Å². The number of hydrogen-bond acceptors (Lipinski definition) is 4. The molecule has 1 aromatic carbocycles. The van der Waals surface area contributed by atoms with Crippen LogP contribution in [-0.2, 0) is 4.74 Å². The smallest absolute Gasteiger partial charge is 0.338 e. The van der Waals surface area contributed by atoms with E-state index in [4.69, 9.17) is 16.3 Å². The van der Waals surface area contributed by atoms with Crippen molar-refractivity contribution >= 4 is 17.6 Å². The third-order valence-corrected chi connectivity index (χ3v) is 2.35. The molecule has 0 spiro atoms. The molecule has 5 heteroatoms. The number of ether oxygens (including phenoxy) is 2. The van der Waals surface area contributed by atoms with Gasteiger partial charge >= 0.3 is 5.97 Å². The van der Waals surface area contributed by atoms with Crippen molar-refractivity contribution < 1.29 is 14.3 Å². The summed E-state index contributed by atoms with van der Waals surface area (Å²) in [4.78, 5) is 15.4. The van der Waals surface area contributed by atoms with E-state index < -0.39 is 5.97 Å². The third kappa shape index (κ3) is 2.99. The first-order valence-corrected chi connectivity index (χ1v) is 5.55. The zero-order valence-electron chi connectivity index (χ0n) is 9.59. The van der Waals surface area contributed by atoms with Gasteiger partial charge in [-0.1, -0.05) is 29.8 Å². The van der Waals surface area contributed by atoms with E-state index in [1.54, 1.807) is 12.1 Å². The summed E-state index contributed by atoms with van der Waals surface area (Å²) in [6.45, 7) is 0. The molecule has 0 saturated heterocycles. The Labute approximate surface area is 109 Å². The zero-order valence-corrected chi connectivity index (χ0v) is 10.3. The molecule has 0 aliphatic rings. The highest BCUT2D eigenvalue weighted by molar-refractivity contribution is 6.29. The molecule has 0 N–H and O–H groups in total. The molecular weight excluding hydrogens is 254 g/mol. The normalized spacial score (nSPS) is 9.89. The lowest BCUT2D eigenvalue weighted by atomic mass is 10.3. The van der Waals surface area contributed by atoms with E-state index in [9.17, 15) is 4.79 Å². The first-order chi connectivity index (χ1) is 8.69. The van der Waals surface area contributed by atoms with Gasteiger partial charge in [0.25, 0.3) is 0 Å². The summed E-state index contributed by atoms with van der Waals surface area (Å²) in [7, 11) is 1.30. The van der Waals surface area contributed by atoms with Gasteiger partial charge in [0.2, 0.25) is 5.88 Å². The van der Waals surface area contributed by atoms with E-state index in [0.717, 1.165) is 0 Å². The van der Waals surface area contributed by atoms with E-state index in [2.05, 4.69) is 9.72 Å². The summed E-state index contributed by atoms with van der Waals surface area (Å²) in [5, 5.41) is 0.170. The van der Waals surface area contributed by atoms with Crippen molar-refractivity contribution in [1.82, 2.24) is 4.98 Å². The lowest BCUT2D eigenvalue weighted by Gasteiger charge is -2.06. The molecule has 18 heavy (non-hydrogen) atoms. The number of para-hydroxylation sites is 1. The Morgan fingerprint density at radius 2 is 1.94 bits per heavy atom. The van der Waals surface area contributed by atoms with Gasteiger partial charge in [0.05, 0.1) is 12.7 Å². The van der Waals surface area contributed by atoms with E-state index in [1.165, 1.54) is 19.2 Å². The average molecular weight is 264 g/mol. The van der Waals surface area contributed by atoms with E-state index in [0.29, 0.717) is 11.3 Å². The molecule has 0 aliphatic heterocycles. The summed E-state index contributed by atoms with van der Waals surface area (Å²) >= 11 is 5.82. The maximum absolute atomic E-state index is 11.4. The lowest BCUT2D eigenvalue weighted by molar-refractivity contribution is 0.0600. The SMILES string of the molecule is COC(=O)c1cc(Cl)nc(Oc2ccccc2)c1. The second-order valence-corrected chi connectivity index (χ2v) is 3.81. The van der Waals surface area contributed by atoms with Crippen LogP contribution in [0.4, 0.5) is 0 Å². The number of esters is 1. The maximum Gasteiger partial charge on any atom is 0.338 e. The number of rotatable bonds is 3. The van der Waals surface area contributed by atoms with Gasteiger partial charge in [0.15, 0.2) is 0 Å². The minimum Gasteiger partial charge on any atom is -0.465 e. The molecule has 0 bridgehead atoms. The van der Waals surface area contributed by atoms with Crippen molar-refractivity contribution in [3.05, 3.63) is 53.2 Å². The predicted octanol–water partition coefficient (Wildman–Crippen LogP) is 3.31. The molecule has 0 aliphatic carbocycles. The second-order valence-electron chi connectivity index (χ2n) is 3.42. The van der Waals surface area contributed by atoms with Crippen molar-refractivity contribution in [2.75, 3.05) is 7.11 Å². The number of aromatic nitrogens is 1. The van der Waals surface area contributed by atoms with Crippen LogP contribution < -0.4 is 4.74 Å². The first-order valence-electron chi connectivity index (χ1n) is 5.18. The summed E-state index contributed by atoms with van der Waals surface area (Å²) in [6.07, 6.45) is 0. The molecule has 4 nitrogen and oxygen atoms in total. The van der Waals surface area contributed by atoms with Crippen molar-refractivity contribution in [3.8, 4) is 11.6 Å². The number of halogens is 1. The summed E-state index contributed by atoms with van der Waals surface area (Å²) in [6, 6.07) is 12.0. The molecule has 1 aromatic heterocycles. The molecule has 0 unspecified atom stereocenters. The van der Waals surface area contributed by atoms with Crippen LogP contribution in [0, 0.1) is 0 Å². The quantitative estimate of drug-likeness (QED) is 0.630. The van der Waals surface area contributed by atoms with Crippen LogP contribution in [0.5, 0.6) is 11.6 Å². The van der Waals surface area contributed by atoms with Gasteiger partial charge in [-0.2, -0.15) is 0 Å². The van der Waals surface area contributed by atoms with Gasteiger partial charge in [0, 0.05) is 6.07 Å². The summed E-state index contributed by atoms with van der Waals surface area (Å²) in [5.74, 6) is 0.370. The topological polar surface area (TPSA) is 48.4 Å². The molecule has 0 atom stereocenters. The Kier molecular flexibility index (Phi) is 3.79. The van der Waals surface area contributed by atoms with Gasteiger partial charge in [-0.3, -0.25) is 0 Å². The molecule has 2 aromatic rings. The number of hydrogen-bond donors (Lipinski definition) is 0. The van der Waals surface area contributed by atoms with Crippen LogP contribution in [0.3, 0.4) is 0 Å². The molecule has 0 radical (unpaired) electrons. The predicted molar refractivity (Wildman–Crippen MR) is 67.1 cm³/mol. The number of pyridine rings is 1. The van der Waals surface area contributed by atoms with Crippen LogP contribution >= 0.6 is 11.6 Å². The van der Waals surface area contributed by atoms with Gasteiger partial charge < -0.3 is 9.47 Å². The number of benzene rings is 1. The first kappa shape index (κ1) is 12.4. The Morgan fingerprint density at radius 1 is 1.22 bits per heavy atom. The van der Waals surface area contributed by atoms with Crippen LogP contribution in [0.25, 0.3) is 0 Å². The summed E-state index contributed by atoms with van der Waals surface area (Å²) < 4.78 is 10.1. The van der Waals surface area contributed by atoms with Gasteiger partial charge in [-0.25, -0.2) is 9.78 Å². The van der Waals surface area contributed by atoms with Gasteiger partial charge in [0.1, 0.15) is 10.9 Å². The molecular formula is C13H10ClNO3. The Morgan fingerprint density at radius 3 is 2.61 bits per heavy atom. The van der Waals surface area contributed by atoms with Crippen LogP contribution in [0.15, 0.2) is 42.5 Å². The van der Waals surface area contributed by atoms with E-state index >= 15 is 0 Å². The second kappa shape index (κ2) is 5.51. The maximum atomic E-state index is 11.4. The van der Waals surface area contributed by atoms with Crippen molar-refractivity contribution in [1.29, 1.82) is 0 Å². The molecule has 0 fully saturated rings. The Balaban J connectivity index is 2.28. The molecule has 0 saturated carbocycles. The molecule has 0 amide bonds. The Bertz CT molecular complexity index is 557. The van der Waals surface area contributed by atoms with Crippen molar-refractivity contribution in [2.45, 2.75) is 0 Å². The minimum atomic E-state index is -0.489. The fraction of sp³-hybridized carbons (Fsp3) is 0.0769. The van der Waals surface area contributed by atoms with Crippen molar-refractivity contribution in [3.63, 3.8) is 0 Å². The highest BCUT2D eigenvalue weighted by Gasteiger charge is 2.10. The Hall–Kier alpha value is -2.07. The van der Waals surface area contributed by atoms with Gasteiger partial charge in [-0.15, -0.1) is 0 Å². The molecule has 92 valence electrons. The van der Waals surface area contributed by atoms with Crippen LogP contribution in [0.1, 0.15) is 10.4 Å². The summed E-state index contributed by atoms with van der Waals surface area (Å²) in [5.41, 5.74) is 0.295. The van der Waals surface area contributed by atoms with Crippen LogP contribution in [0.2, 0.25) is 5.15 Å². The molecule has 2 rings (SSSR count). The third-order valence-electron chi connectivity index (χ3n) is 2.16.